The Labute approximate surface area is 213 Å². The van der Waals surface area contributed by atoms with Gasteiger partial charge in [-0.2, -0.15) is 13.2 Å². The zero-order valence-corrected chi connectivity index (χ0v) is 21.3. The second-order valence-corrected chi connectivity index (χ2v) is 9.31. The number of halogens is 3. The van der Waals surface area contributed by atoms with E-state index in [0.29, 0.717) is 61.2 Å². The van der Waals surface area contributed by atoms with Gasteiger partial charge in [0.15, 0.2) is 5.82 Å². The van der Waals surface area contributed by atoms with Crippen molar-refractivity contribution in [3.63, 3.8) is 0 Å². The molecule has 37 heavy (non-hydrogen) atoms. The maximum Gasteiger partial charge on any atom is 0.389 e. The first-order chi connectivity index (χ1) is 17.7. The van der Waals surface area contributed by atoms with E-state index in [0.717, 1.165) is 12.0 Å². The fraction of sp³-hybridized carbons (Fsp3) is 0.560. The van der Waals surface area contributed by atoms with Crippen LogP contribution in [0.5, 0.6) is 5.88 Å². The summed E-state index contributed by atoms with van der Waals surface area (Å²) >= 11 is 0. The first-order valence-corrected chi connectivity index (χ1v) is 12.6. The van der Waals surface area contributed by atoms with Gasteiger partial charge in [-0.25, -0.2) is 24.7 Å². The van der Waals surface area contributed by atoms with Gasteiger partial charge in [-0.05, 0) is 52.0 Å². The molecule has 3 aromatic heterocycles. The fourth-order valence-electron chi connectivity index (χ4n) is 4.49. The number of nitrogens with one attached hydrogen (secondary N) is 1. The third-order valence-corrected chi connectivity index (χ3v) is 6.56. The van der Waals surface area contributed by atoms with Gasteiger partial charge in [-0.3, -0.25) is 0 Å². The molecule has 1 aliphatic rings. The molecule has 9 nitrogen and oxygen atoms in total. The number of hydrogen-bond acceptors (Lipinski definition) is 6. The standard InChI is InChI=1S/C25H32F3N7O2/c1-4-35-17(3)21-30-14-16(2)20(33-21)19-15-34-12-11-29-22(34)23(32-19)37-13-7-5-6-8-18(31-24(35)36)9-10-25(26,27)28/h11-12,14-15,17-18H,4-10,13H2,1-3H3,(H,31,36)/t17-,18+/m0/s1. The third kappa shape index (κ3) is 6.47. The minimum Gasteiger partial charge on any atom is -0.475 e. The van der Waals surface area contributed by atoms with E-state index in [2.05, 4.69) is 15.3 Å². The van der Waals surface area contributed by atoms with Gasteiger partial charge in [0.1, 0.15) is 5.69 Å². The van der Waals surface area contributed by atoms with Gasteiger partial charge in [0.05, 0.1) is 18.3 Å². The lowest BCUT2D eigenvalue weighted by atomic mass is 10.0. The molecule has 2 atom stereocenters. The number of imidazole rings is 1. The van der Waals surface area contributed by atoms with Crippen LogP contribution in [0, 0.1) is 6.92 Å². The monoisotopic (exact) mass is 519 g/mol. The molecule has 3 aromatic rings. The molecule has 0 unspecified atom stereocenters. The SMILES string of the molecule is CCN1C(=O)N[C@@H](CCC(F)(F)F)CCCCCOc2nc(cn3ccnc23)-c2nc(ncc2C)[C@@H]1C. The number of urea groups is 1. The Bertz CT molecular complexity index is 1230. The highest BCUT2D eigenvalue weighted by Crippen LogP contribution is 2.28. The number of fused-ring (bicyclic) bond motifs is 7. The summed E-state index contributed by atoms with van der Waals surface area (Å²) in [6, 6.07) is -1.54. The topological polar surface area (TPSA) is 97.5 Å². The van der Waals surface area contributed by atoms with Gasteiger partial charge < -0.3 is 19.4 Å². The quantitative estimate of drug-likeness (QED) is 0.508. The smallest absolute Gasteiger partial charge is 0.389 e. The van der Waals surface area contributed by atoms with Gasteiger partial charge >= 0.3 is 12.2 Å². The Morgan fingerprint density at radius 3 is 2.76 bits per heavy atom. The van der Waals surface area contributed by atoms with E-state index in [4.69, 9.17) is 14.7 Å². The number of carbonyl (C=O) groups is 1. The van der Waals surface area contributed by atoms with Crippen LogP contribution >= 0.6 is 0 Å². The van der Waals surface area contributed by atoms with Crippen LogP contribution in [0.25, 0.3) is 17.0 Å². The zero-order valence-electron chi connectivity index (χ0n) is 21.3. The summed E-state index contributed by atoms with van der Waals surface area (Å²) < 4.78 is 46.6. The molecule has 12 heteroatoms. The predicted octanol–water partition coefficient (Wildman–Crippen LogP) is 5.25. The van der Waals surface area contributed by atoms with Gasteiger partial charge in [-0.1, -0.05) is 6.42 Å². The average Bonchev–Trinajstić information content (AvgIpc) is 3.33. The van der Waals surface area contributed by atoms with Crippen LogP contribution in [0.1, 0.15) is 69.8 Å². The molecule has 0 fully saturated rings. The van der Waals surface area contributed by atoms with E-state index in [1.165, 1.54) is 4.90 Å². The van der Waals surface area contributed by atoms with Crippen molar-refractivity contribution in [3.8, 4) is 17.3 Å². The molecule has 4 rings (SSSR count). The highest BCUT2D eigenvalue weighted by Gasteiger charge is 2.30. The minimum absolute atomic E-state index is 0.170. The summed E-state index contributed by atoms with van der Waals surface area (Å²) in [6.07, 6.45) is 4.10. The molecule has 4 bridgehead atoms. The van der Waals surface area contributed by atoms with Crippen molar-refractivity contribution < 1.29 is 22.7 Å². The summed E-state index contributed by atoms with van der Waals surface area (Å²) in [5, 5.41) is 2.83. The van der Waals surface area contributed by atoms with E-state index in [-0.39, 0.29) is 6.42 Å². The maximum atomic E-state index is 13.2. The highest BCUT2D eigenvalue weighted by molar-refractivity contribution is 5.75. The molecule has 4 heterocycles. The normalized spacial score (nSPS) is 19.8. The number of carbonyl (C=O) groups excluding carboxylic acids is 1. The summed E-state index contributed by atoms with van der Waals surface area (Å²) in [6.45, 7) is 6.21. The van der Waals surface area contributed by atoms with E-state index in [9.17, 15) is 18.0 Å². The summed E-state index contributed by atoms with van der Waals surface area (Å²) in [5.41, 5.74) is 2.56. The van der Waals surface area contributed by atoms with Crippen LogP contribution < -0.4 is 10.1 Å². The molecular weight excluding hydrogens is 487 g/mol. The summed E-state index contributed by atoms with van der Waals surface area (Å²) in [7, 11) is 0. The van der Waals surface area contributed by atoms with Crippen LogP contribution in [0.2, 0.25) is 0 Å². The van der Waals surface area contributed by atoms with Crippen molar-refractivity contribution in [3.05, 3.63) is 36.2 Å². The first kappa shape index (κ1) is 26.6. The fourth-order valence-corrected chi connectivity index (χ4v) is 4.49. The molecule has 0 aromatic carbocycles. The number of aryl methyl sites for hydroxylation is 1. The Morgan fingerprint density at radius 1 is 1.19 bits per heavy atom. The van der Waals surface area contributed by atoms with Crippen LogP contribution in [0.3, 0.4) is 0 Å². The number of amides is 2. The number of nitrogens with zero attached hydrogens (tertiary/aromatic N) is 6. The number of hydrogen-bond donors (Lipinski definition) is 1. The van der Waals surface area contributed by atoms with Crippen LogP contribution in [0.15, 0.2) is 24.8 Å². The molecule has 0 aliphatic carbocycles. The van der Waals surface area contributed by atoms with E-state index in [1.54, 1.807) is 25.5 Å². The highest BCUT2D eigenvalue weighted by atomic mass is 19.4. The second kappa shape index (κ2) is 11.3. The lowest BCUT2D eigenvalue weighted by Gasteiger charge is -2.30. The van der Waals surface area contributed by atoms with E-state index in [1.807, 2.05) is 24.4 Å². The van der Waals surface area contributed by atoms with Crippen molar-refractivity contribution in [2.45, 2.75) is 77.6 Å². The lowest BCUT2D eigenvalue weighted by molar-refractivity contribution is -0.136. The van der Waals surface area contributed by atoms with Gasteiger partial charge in [-0.15, -0.1) is 0 Å². The van der Waals surface area contributed by atoms with Gasteiger partial charge in [0.2, 0.25) is 5.65 Å². The maximum absolute atomic E-state index is 13.2. The summed E-state index contributed by atoms with van der Waals surface area (Å²) in [5.74, 6) is 0.790. The molecule has 0 radical (unpaired) electrons. The van der Waals surface area contributed by atoms with Crippen LogP contribution in [-0.2, 0) is 0 Å². The minimum atomic E-state index is -4.28. The summed E-state index contributed by atoms with van der Waals surface area (Å²) in [4.78, 5) is 33.0. The molecule has 0 saturated carbocycles. The predicted molar refractivity (Wildman–Crippen MR) is 131 cm³/mol. The molecule has 2 amide bonds. The van der Waals surface area contributed by atoms with Gasteiger partial charge in [0, 0.05) is 43.8 Å². The Morgan fingerprint density at radius 2 is 2.00 bits per heavy atom. The molecule has 1 aliphatic heterocycles. The van der Waals surface area contributed by atoms with Crippen molar-refractivity contribution in [1.29, 1.82) is 0 Å². The Kier molecular flexibility index (Phi) is 8.13. The number of aromatic nitrogens is 5. The Balaban J connectivity index is 1.70. The Hall–Kier alpha value is -3.44. The van der Waals surface area contributed by atoms with E-state index >= 15 is 0 Å². The van der Waals surface area contributed by atoms with Crippen molar-refractivity contribution in [1.82, 2.24) is 34.6 Å². The number of rotatable bonds is 3. The average molecular weight is 520 g/mol. The van der Waals surface area contributed by atoms with E-state index < -0.39 is 30.7 Å². The van der Waals surface area contributed by atoms with Gasteiger partial charge in [0.25, 0.3) is 5.88 Å². The lowest BCUT2D eigenvalue weighted by Crippen LogP contribution is -2.46. The largest absolute Gasteiger partial charge is 0.475 e. The molecule has 1 N–H and O–H groups in total. The van der Waals surface area contributed by atoms with Crippen LogP contribution in [0.4, 0.5) is 18.0 Å². The van der Waals surface area contributed by atoms with Crippen LogP contribution in [-0.4, -0.2) is 60.6 Å². The zero-order chi connectivity index (χ0) is 26.6. The van der Waals surface area contributed by atoms with Crippen molar-refractivity contribution in [2.75, 3.05) is 13.2 Å². The van der Waals surface area contributed by atoms with Crippen molar-refractivity contribution in [2.24, 2.45) is 0 Å². The molecular formula is C25H32F3N7O2. The molecule has 200 valence electrons. The molecule has 0 spiro atoms. The van der Waals surface area contributed by atoms with Crippen molar-refractivity contribution >= 4 is 11.7 Å². The second-order valence-electron chi connectivity index (χ2n) is 9.31. The molecule has 0 saturated heterocycles. The first-order valence-electron chi connectivity index (χ1n) is 12.6. The number of alkyl halides is 3. The number of ether oxygens (including phenoxy) is 1. The third-order valence-electron chi connectivity index (χ3n) is 6.56.